The molecule has 1 aromatic rings. The highest BCUT2D eigenvalue weighted by atomic mass is 32.2. The minimum Gasteiger partial charge on any atom is -0.494 e. The quantitative estimate of drug-likeness (QED) is 0.319. The van der Waals surface area contributed by atoms with Crippen LogP contribution in [0, 0.1) is 5.92 Å². The molecule has 1 unspecified atom stereocenters. The average molecular weight is 337 g/mol. The Balaban J connectivity index is 1.96. The molecule has 0 spiro atoms. The van der Waals surface area contributed by atoms with Gasteiger partial charge in [0, 0.05) is 4.90 Å². The largest absolute Gasteiger partial charge is 0.494 e. The van der Waals surface area contributed by atoms with Crippen LogP contribution in [0.25, 0.3) is 0 Å². The molecule has 23 heavy (non-hydrogen) atoms. The predicted molar refractivity (Wildman–Crippen MR) is 93.0 cm³/mol. The van der Waals surface area contributed by atoms with Crippen LogP contribution in [0.3, 0.4) is 0 Å². The molecule has 5 heteroatoms. The molecule has 128 valence electrons. The highest BCUT2D eigenvalue weighted by molar-refractivity contribution is 8.00. The summed E-state index contributed by atoms with van der Waals surface area (Å²) < 4.78 is 5.66. The van der Waals surface area contributed by atoms with Gasteiger partial charge in [0.05, 0.1) is 11.9 Å². The van der Waals surface area contributed by atoms with E-state index >= 15 is 0 Å². The molecule has 1 fully saturated rings. The Bertz CT molecular complexity index is 472. The van der Waals surface area contributed by atoms with Gasteiger partial charge in [-0.15, -0.1) is 11.8 Å². The zero-order chi connectivity index (χ0) is 16.5. The van der Waals surface area contributed by atoms with Gasteiger partial charge in [0.2, 0.25) is 0 Å². The van der Waals surface area contributed by atoms with Crippen molar-refractivity contribution in [2.24, 2.45) is 5.92 Å². The van der Waals surface area contributed by atoms with Gasteiger partial charge in [-0.05, 0) is 49.4 Å². The van der Waals surface area contributed by atoms with E-state index in [0.29, 0.717) is 5.92 Å². The van der Waals surface area contributed by atoms with Crippen molar-refractivity contribution in [3.63, 3.8) is 0 Å². The number of ether oxygens (including phenoxy) is 1. The third-order valence-electron chi connectivity index (χ3n) is 4.30. The van der Waals surface area contributed by atoms with Crippen LogP contribution in [0.1, 0.15) is 51.9 Å². The maximum absolute atomic E-state index is 12.1. The highest BCUT2D eigenvalue weighted by Crippen LogP contribution is 2.36. The zero-order valence-electron chi connectivity index (χ0n) is 13.8. The zero-order valence-corrected chi connectivity index (χ0v) is 14.6. The second-order valence-corrected chi connectivity index (χ2v) is 7.30. The van der Waals surface area contributed by atoms with E-state index in [2.05, 4.69) is 6.92 Å². The monoisotopic (exact) mass is 337 g/mol. The Labute approximate surface area is 143 Å². The van der Waals surface area contributed by atoms with Crippen molar-refractivity contribution in [3.05, 3.63) is 24.3 Å². The number of carbonyl (C=O) groups excluding carboxylic acids is 1. The summed E-state index contributed by atoms with van der Waals surface area (Å²) in [5.74, 6) is 0.912. The number of benzene rings is 1. The molecule has 0 saturated heterocycles. The fraction of sp³-hybridized carbons (Fsp3) is 0.611. The van der Waals surface area contributed by atoms with Crippen LogP contribution in [-0.4, -0.2) is 23.0 Å². The highest BCUT2D eigenvalue weighted by Gasteiger charge is 2.30. The van der Waals surface area contributed by atoms with Crippen molar-refractivity contribution >= 4 is 17.7 Å². The molecule has 2 N–H and O–H groups in total. The first kappa shape index (κ1) is 18.1. The van der Waals surface area contributed by atoms with Crippen molar-refractivity contribution in [1.82, 2.24) is 5.48 Å². The summed E-state index contributed by atoms with van der Waals surface area (Å²) in [7, 11) is 0. The van der Waals surface area contributed by atoms with Crippen LogP contribution in [0.15, 0.2) is 29.2 Å². The minimum atomic E-state index is -0.287. The second kappa shape index (κ2) is 9.83. The molecular weight excluding hydrogens is 310 g/mol. The molecule has 4 nitrogen and oxygen atoms in total. The number of amides is 1. The van der Waals surface area contributed by atoms with E-state index < -0.39 is 0 Å². The summed E-state index contributed by atoms with van der Waals surface area (Å²) in [6.07, 6.45) is 7.88. The van der Waals surface area contributed by atoms with Crippen LogP contribution in [-0.2, 0) is 4.79 Å². The number of carbonyl (C=O) groups is 1. The van der Waals surface area contributed by atoms with Gasteiger partial charge in [-0.25, -0.2) is 5.48 Å². The number of rotatable bonds is 8. The first-order valence-electron chi connectivity index (χ1n) is 8.58. The Morgan fingerprint density at radius 1 is 1.30 bits per heavy atom. The van der Waals surface area contributed by atoms with Gasteiger partial charge >= 0.3 is 0 Å². The fourth-order valence-electron chi connectivity index (χ4n) is 2.96. The molecule has 0 heterocycles. The summed E-state index contributed by atoms with van der Waals surface area (Å²) >= 11 is 1.54. The lowest BCUT2D eigenvalue weighted by molar-refractivity contribution is -0.129. The molecule has 0 radical (unpaired) electrons. The maximum Gasteiger partial charge on any atom is 0.257 e. The average Bonchev–Trinajstić information content (AvgIpc) is 2.61. The van der Waals surface area contributed by atoms with Crippen LogP contribution in [0.5, 0.6) is 5.75 Å². The molecule has 1 amide bonds. The Kier molecular flexibility index (Phi) is 7.76. The fourth-order valence-corrected chi connectivity index (χ4v) is 4.17. The maximum atomic E-state index is 12.1. The Morgan fingerprint density at radius 3 is 2.61 bits per heavy atom. The summed E-state index contributed by atoms with van der Waals surface area (Å²) in [4.78, 5) is 13.1. The molecule has 1 aliphatic carbocycles. The minimum absolute atomic E-state index is 0.229. The molecule has 0 bridgehead atoms. The SMILES string of the molecule is CCCCOc1ccc(SC(C(=O)NO)C2CCCCC2)cc1. The van der Waals surface area contributed by atoms with Crippen molar-refractivity contribution in [3.8, 4) is 5.75 Å². The summed E-state index contributed by atoms with van der Waals surface area (Å²) in [5, 5.41) is 8.82. The molecule has 0 aromatic heterocycles. The first-order valence-corrected chi connectivity index (χ1v) is 9.46. The normalized spacial score (nSPS) is 16.8. The van der Waals surface area contributed by atoms with E-state index in [1.54, 1.807) is 0 Å². The molecule has 1 saturated carbocycles. The van der Waals surface area contributed by atoms with E-state index in [9.17, 15) is 4.79 Å². The van der Waals surface area contributed by atoms with Crippen molar-refractivity contribution in [1.29, 1.82) is 0 Å². The third kappa shape index (κ3) is 5.74. The lowest BCUT2D eigenvalue weighted by Gasteiger charge is -2.28. The molecular formula is C18H27NO3S. The van der Waals surface area contributed by atoms with Crippen LogP contribution in [0.2, 0.25) is 0 Å². The number of thioether (sulfide) groups is 1. The van der Waals surface area contributed by atoms with E-state index in [4.69, 9.17) is 9.94 Å². The summed E-state index contributed by atoms with van der Waals surface area (Å²) in [6.45, 7) is 2.88. The van der Waals surface area contributed by atoms with Gasteiger partial charge in [0.15, 0.2) is 0 Å². The molecule has 2 rings (SSSR count). The standard InChI is InChI=1S/C18H27NO3S/c1-2-3-13-22-15-9-11-16(12-10-15)23-17(18(20)19-21)14-7-5-4-6-8-14/h9-12,14,17,21H,2-8,13H2,1H3,(H,19,20). The van der Waals surface area contributed by atoms with Gasteiger partial charge in [0.1, 0.15) is 5.75 Å². The number of hydrogen-bond acceptors (Lipinski definition) is 4. The van der Waals surface area contributed by atoms with E-state index in [1.165, 1.54) is 31.0 Å². The van der Waals surface area contributed by atoms with Crippen molar-refractivity contribution < 1.29 is 14.7 Å². The lowest BCUT2D eigenvalue weighted by Crippen LogP contribution is -2.36. The topological polar surface area (TPSA) is 58.6 Å². The number of nitrogens with one attached hydrogen (secondary N) is 1. The number of hydrogen-bond donors (Lipinski definition) is 2. The number of unbranched alkanes of at least 4 members (excludes halogenated alkanes) is 1. The summed E-state index contributed by atoms with van der Waals surface area (Å²) in [5.41, 5.74) is 1.84. The van der Waals surface area contributed by atoms with E-state index in [1.807, 2.05) is 29.7 Å². The van der Waals surface area contributed by atoms with Crippen molar-refractivity contribution in [2.75, 3.05) is 6.61 Å². The molecule has 1 aliphatic rings. The van der Waals surface area contributed by atoms with Crippen LogP contribution in [0.4, 0.5) is 0 Å². The van der Waals surface area contributed by atoms with Gasteiger partial charge in [-0.2, -0.15) is 0 Å². The van der Waals surface area contributed by atoms with Gasteiger partial charge in [-0.1, -0.05) is 32.6 Å². The van der Waals surface area contributed by atoms with E-state index in [-0.39, 0.29) is 11.2 Å². The predicted octanol–water partition coefficient (Wildman–Crippen LogP) is 4.41. The third-order valence-corrected chi connectivity index (χ3v) is 5.70. The smallest absolute Gasteiger partial charge is 0.257 e. The van der Waals surface area contributed by atoms with E-state index in [0.717, 1.165) is 42.9 Å². The summed E-state index contributed by atoms with van der Waals surface area (Å²) in [6, 6.07) is 7.89. The molecule has 1 atom stereocenters. The van der Waals surface area contributed by atoms with Crippen LogP contribution >= 0.6 is 11.8 Å². The second-order valence-electron chi connectivity index (χ2n) is 6.09. The first-order chi connectivity index (χ1) is 11.2. The van der Waals surface area contributed by atoms with Crippen molar-refractivity contribution in [2.45, 2.75) is 62.0 Å². The van der Waals surface area contributed by atoms with Gasteiger partial charge in [0.25, 0.3) is 5.91 Å². The molecule has 1 aromatic carbocycles. The van der Waals surface area contributed by atoms with Crippen LogP contribution < -0.4 is 10.2 Å². The molecule has 0 aliphatic heterocycles. The van der Waals surface area contributed by atoms with Gasteiger partial charge < -0.3 is 4.74 Å². The lowest BCUT2D eigenvalue weighted by atomic mass is 9.86. The Morgan fingerprint density at radius 2 is 2.00 bits per heavy atom. The number of hydroxylamine groups is 1. The Hall–Kier alpha value is -1.20. The van der Waals surface area contributed by atoms with Gasteiger partial charge in [-0.3, -0.25) is 10.0 Å².